The fourth-order valence-electron chi connectivity index (χ4n) is 1.51. The fraction of sp³-hybridized carbons (Fsp3) is 0.154. The van der Waals surface area contributed by atoms with Gasteiger partial charge in [0.25, 0.3) is 0 Å². The summed E-state index contributed by atoms with van der Waals surface area (Å²) < 4.78 is 6.19. The first kappa shape index (κ1) is 12.8. The van der Waals surface area contributed by atoms with Gasteiger partial charge in [-0.2, -0.15) is 10.2 Å². The molecule has 6 nitrogen and oxygen atoms in total. The van der Waals surface area contributed by atoms with E-state index in [2.05, 4.69) is 20.4 Å². The largest absolute Gasteiger partial charge is 0.452 e. The number of benzene rings is 1. The molecule has 0 radical (unpaired) electrons. The first-order valence-electron chi connectivity index (χ1n) is 5.71. The summed E-state index contributed by atoms with van der Waals surface area (Å²) in [6, 6.07) is 10.0. The van der Waals surface area contributed by atoms with Crippen LogP contribution in [0.4, 0.5) is 4.79 Å². The molecule has 1 amide bonds. The molecule has 0 aliphatic rings. The molecule has 0 saturated carbocycles. The Morgan fingerprint density at radius 2 is 2.26 bits per heavy atom. The summed E-state index contributed by atoms with van der Waals surface area (Å²) in [5.41, 5.74) is 4.18. The Balaban J connectivity index is 1.94. The number of methoxy groups -OCH3 is 1. The molecule has 0 fully saturated rings. The third-order valence-corrected chi connectivity index (χ3v) is 2.40. The second kappa shape index (κ2) is 6.34. The third-order valence-electron chi connectivity index (χ3n) is 2.40. The van der Waals surface area contributed by atoms with Crippen LogP contribution in [0.15, 0.2) is 47.8 Å². The predicted molar refractivity (Wildman–Crippen MR) is 70.9 cm³/mol. The van der Waals surface area contributed by atoms with Crippen molar-refractivity contribution in [1.82, 2.24) is 15.2 Å². The van der Waals surface area contributed by atoms with Crippen molar-refractivity contribution in [3.63, 3.8) is 0 Å². The molecule has 0 aliphatic carbocycles. The molecule has 6 heteroatoms. The van der Waals surface area contributed by atoms with Crippen molar-refractivity contribution in [2.24, 2.45) is 5.10 Å². The molecule has 2 aromatic rings. The summed E-state index contributed by atoms with van der Waals surface area (Å²) >= 11 is 0. The van der Waals surface area contributed by atoms with Crippen molar-refractivity contribution in [3.8, 4) is 0 Å². The lowest BCUT2D eigenvalue weighted by Gasteiger charge is -2.00. The predicted octanol–water partition coefficient (Wildman–Crippen LogP) is 1.62. The van der Waals surface area contributed by atoms with Crippen LogP contribution in [0, 0.1) is 0 Å². The number of rotatable bonds is 4. The highest BCUT2D eigenvalue weighted by Crippen LogP contribution is 2.02. The van der Waals surface area contributed by atoms with Crippen LogP contribution in [0.25, 0.3) is 0 Å². The minimum atomic E-state index is -0.604. The highest BCUT2D eigenvalue weighted by atomic mass is 16.5. The van der Waals surface area contributed by atoms with Gasteiger partial charge in [-0.05, 0) is 5.56 Å². The number of nitrogens with zero attached hydrogens (tertiary/aromatic N) is 3. The summed E-state index contributed by atoms with van der Waals surface area (Å²) in [6.45, 7) is 0.694. The van der Waals surface area contributed by atoms with E-state index in [0.717, 1.165) is 5.56 Å². The van der Waals surface area contributed by atoms with Crippen LogP contribution in [0.5, 0.6) is 0 Å². The second-order valence-corrected chi connectivity index (χ2v) is 3.82. The lowest BCUT2D eigenvalue weighted by atomic mass is 10.2. The van der Waals surface area contributed by atoms with E-state index in [4.69, 9.17) is 0 Å². The Morgan fingerprint density at radius 3 is 3.00 bits per heavy atom. The van der Waals surface area contributed by atoms with E-state index in [-0.39, 0.29) is 0 Å². The van der Waals surface area contributed by atoms with Gasteiger partial charge in [0.05, 0.1) is 26.1 Å². The molecule has 1 aromatic carbocycles. The molecule has 2 rings (SSSR count). The number of ether oxygens (including phenoxy) is 1. The maximum absolute atomic E-state index is 10.8. The average molecular weight is 258 g/mol. The van der Waals surface area contributed by atoms with E-state index in [1.165, 1.54) is 18.9 Å². The highest BCUT2D eigenvalue weighted by Gasteiger charge is 1.98. The van der Waals surface area contributed by atoms with E-state index in [0.29, 0.717) is 6.54 Å². The molecule has 1 N–H and O–H groups in total. The lowest BCUT2D eigenvalue weighted by molar-refractivity contribution is 0.171. The van der Waals surface area contributed by atoms with Crippen molar-refractivity contribution in [1.29, 1.82) is 0 Å². The Labute approximate surface area is 110 Å². The standard InChI is InChI=1S/C13H14N4O2/c1-19-13(18)16-14-7-12-8-15-17(10-12)9-11-5-3-2-4-6-11/h2-8,10H,9H2,1H3,(H,16,18)/b14-7-. The Morgan fingerprint density at radius 1 is 1.47 bits per heavy atom. The number of carbonyl (C=O) groups is 1. The summed E-state index contributed by atoms with van der Waals surface area (Å²) in [5, 5.41) is 7.94. The highest BCUT2D eigenvalue weighted by molar-refractivity contribution is 5.80. The number of hydrazone groups is 1. The van der Waals surface area contributed by atoms with Crippen LogP contribution >= 0.6 is 0 Å². The van der Waals surface area contributed by atoms with Gasteiger partial charge in [0, 0.05) is 11.8 Å². The van der Waals surface area contributed by atoms with E-state index in [9.17, 15) is 4.79 Å². The van der Waals surface area contributed by atoms with Gasteiger partial charge < -0.3 is 4.74 Å². The minimum absolute atomic E-state index is 0.604. The molecule has 0 aliphatic heterocycles. The van der Waals surface area contributed by atoms with Gasteiger partial charge in [-0.25, -0.2) is 10.2 Å². The molecular formula is C13H14N4O2. The molecule has 19 heavy (non-hydrogen) atoms. The molecule has 0 saturated heterocycles. The van der Waals surface area contributed by atoms with Crippen molar-refractivity contribution < 1.29 is 9.53 Å². The Hall–Kier alpha value is -2.63. The molecule has 0 unspecified atom stereocenters. The van der Waals surface area contributed by atoms with Gasteiger partial charge in [0.15, 0.2) is 0 Å². The summed E-state index contributed by atoms with van der Waals surface area (Å²) in [4.78, 5) is 10.8. The molecule has 1 aromatic heterocycles. The normalized spacial score (nSPS) is 10.6. The number of amides is 1. The van der Waals surface area contributed by atoms with Gasteiger partial charge in [-0.1, -0.05) is 30.3 Å². The van der Waals surface area contributed by atoms with E-state index < -0.39 is 6.09 Å². The molecular weight excluding hydrogens is 244 g/mol. The Bertz CT molecular complexity index is 563. The zero-order chi connectivity index (χ0) is 13.5. The Kier molecular flexibility index (Phi) is 4.28. The molecule has 98 valence electrons. The maximum atomic E-state index is 10.8. The van der Waals surface area contributed by atoms with Crippen LogP contribution in [0.1, 0.15) is 11.1 Å². The van der Waals surface area contributed by atoms with Crippen molar-refractivity contribution in [2.75, 3.05) is 7.11 Å². The van der Waals surface area contributed by atoms with Gasteiger partial charge in [0.2, 0.25) is 0 Å². The number of nitrogens with one attached hydrogen (secondary N) is 1. The van der Waals surface area contributed by atoms with Crippen LogP contribution in [-0.2, 0) is 11.3 Å². The molecule has 1 heterocycles. The van der Waals surface area contributed by atoms with Crippen molar-refractivity contribution in [3.05, 3.63) is 53.9 Å². The zero-order valence-electron chi connectivity index (χ0n) is 10.5. The quantitative estimate of drug-likeness (QED) is 0.669. The van der Waals surface area contributed by atoms with Gasteiger partial charge >= 0.3 is 6.09 Å². The van der Waals surface area contributed by atoms with Gasteiger partial charge in [-0.15, -0.1) is 0 Å². The SMILES string of the molecule is COC(=O)N/N=C\c1cnn(Cc2ccccc2)c1. The molecule has 0 bridgehead atoms. The lowest BCUT2D eigenvalue weighted by Crippen LogP contribution is -2.16. The monoisotopic (exact) mass is 258 g/mol. The summed E-state index contributed by atoms with van der Waals surface area (Å²) in [6.07, 6.45) is 4.42. The zero-order valence-corrected chi connectivity index (χ0v) is 10.5. The van der Waals surface area contributed by atoms with Crippen molar-refractivity contribution >= 4 is 12.3 Å². The van der Waals surface area contributed by atoms with Crippen LogP contribution in [0.3, 0.4) is 0 Å². The van der Waals surface area contributed by atoms with Crippen LogP contribution in [0.2, 0.25) is 0 Å². The fourth-order valence-corrected chi connectivity index (χ4v) is 1.51. The van der Waals surface area contributed by atoms with E-state index in [1.807, 2.05) is 36.5 Å². The van der Waals surface area contributed by atoms with E-state index in [1.54, 1.807) is 10.9 Å². The number of aromatic nitrogens is 2. The smallest absolute Gasteiger partial charge is 0.427 e. The maximum Gasteiger partial charge on any atom is 0.427 e. The topological polar surface area (TPSA) is 68.5 Å². The first-order valence-corrected chi connectivity index (χ1v) is 5.71. The minimum Gasteiger partial charge on any atom is -0.452 e. The van der Waals surface area contributed by atoms with Gasteiger partial charge in [0.1, 0.15) is 0 Å². The number of hydrogen-bond donors (Lipinski definition) is 1. The average Bonchev–Trinajstić information content (AvgIpc) is 2.87. The summed E-state index contributed by atoms with van der Waals surface area (Å²) in [7, 11) is 1.28. The molecule has 0 atom stereocenters. The van der Waals surface area contributed by atoms with Crippen LogP contribution < -0.4 is 5.43 Å². The second-order valence-electron chi connectivity index (χ2n) is 3.82. The molecule has 0 spiro atoms. The third kappa shape index (κ3) is 3.95. The van der Waals surface area contributed by atoms with Gasteiger partial charge in [-0.3, -0.25) is 4.68 Å². The van der Waals surface area contributed by atoms with Crippen LogP contribution in [-0.4, -0.2) is 29.2 Å². The van der Waals surface area contributed by atoms with Crippen molar-refractivity contribution in [2.45, 2.75) is 6.54 Å². The number of carbonyl (C=O) groups excluding carboxylic acids is 1. The summed E-state index contributed by atoms with van der Waals surface area (Å²) in [5.74, 6) is 0. The number of hydrogen-bond acceptors (Lipinski definition) is 4. The van der Waals surface area contributed by atoms with E-state index >= 15 is 0 Å². The first-order chi connectivity index (χ1) is 9.28.